The predicted molar refractivity (Wildman–Crippen MR) is 70.3 cm³/mol. The third kappa shape index (κ3) is 3.17. The van der Waals surface area contributed by atoms with Gasteiger partial charge in [-0.05, 0) is 24.6 Å². The van der Waals surface area contributed by atoms with Crippen molar-refractivity contribution >= 4 is 17.4 Å². The van der Waals surface area contributed by atoms with Gasteiger partial charge in [-0.15, -0.1) is 0 Å². The highest BCUT2D eigenvalue weighted by atomic mass is 35.5. The van der Waals surface area contributed by atoms with Crippen molar-refractivity contribution in [3.63, 3.8) is 0 Å². The molecule has 17 heavy (non-hydrogen) atoms. The van der Waals surface area contributed by atoms with Crippen molar-refractivity contribution in [2.45, 2.75) is 13.5 Å². The first-order valence-electron chi connectivity index (χ1n) is 5.39. The minimum absolute atomic E-state index is 0.759. The summed E-state index contributed by atoms with van der Waals surface area (Å²) in [6.45, 7) is 2.76. The normalized spacial score (nSPS) is 10.3. The maximum Gasteiger partial charge on any atom is 0.132 e. The van der Waals surface area contributed by atoms with Crippen LogP contribution in [0.2, 0.25) is 5.02 Å². The van der Waals surface area contributed by atoms with Crippen molar-refractivity contribution in [1.82, 2.24) is 9.97 Å². The summed E-state index contributed by atoms with van der Waals surface area (Å²) in [6.07, 6.45) is 1.59. The lowest BCUT2D eigenvalue weighted by atomic mass is 10.2. The number of aryl methyl sites for hydroxylation is 1. The van der Waals surface area contributed by atoms with Crippen LogP contribution in [0.1, 0.15) is 11.3 Å². The number of rotatable bonds is 3. The Balaban J connectivity index is 2.11. The van der Waals surface area contributed by atoms with E-state index in [4.69, 9.17) is 11.6 Å². The minimum Gasteiger partial charge on any atom is -0.355 e. The maximum absolute atomic E-state index is 5.85. The van der Waals surface area contributed by atoms with Crippen LogP contribution < -0.4 is 4.90 Å². The molecule has 0 N–H and O–H groups in total. The molecule has 0 radical (unpaired) electrons. The second-order valence-electron chi connectivity index (χ2n) is 4.00. The highest BCUT2D eigenvalue weighted by molar-refractivity contribution is 6.30. The summed E-state index contributed by atoms with van der Waals surface area (Å²) in [6, 6.07) is 9.81. The quantitative estimate of drug-likeness (QED) is 0.835. The zero-order valence-corrected chi connectivity index (χ0v) is 10.6. The van der Waals surface area contributed by atoms with E-state index < -0.39 is 0 Å². The molecule has 1 heterocycles. The standard InChI is InChI=1S/C13H14ClN3/c1-10-7-13(16-9-15-10)17(2)8-11-3-5-12(14)6-4-11/h3-7,9H,8H2,1-2H3. The molecule has 0 saturated heterocycles. The second kappa shape index (κ2) is 5.15. The fourth-order valence-corrected chi connectivity index (χ4v) is 1.72. The molecule has 0 atom stereocenters. The number of nitrogens with zero attached hydrogens (tertiary/aromatic N) is 3. The number of anilines is 1. The van der Waals surface area contributed by atoms with E-state index >= 15 is 0 Å². The maximum atomic E-state index is 5.85. The Kier molecular flexibility index (Phi) is 3.59. The largest absolute Gasteiger partial charge is 0.355 e. The Morgan fingerprint density at radius 1 is 1.18 bits per heavy atom. The number of benzene rings is 1. The molecule has 0 bridgehead atoms. The van der Waals surface area contributed by atoms with E-state index in [1.54, 1.807) is 6.33 Å². The fraction of sp³-hybridized carbons (Fsp3) is 0.231. The summed E-state index contributed by atoms with van der Waals surface area (Å²) in [5.41, 5.74) is 2.17. The van der Waals surface area contributed by atoms with Crippen molar-refractivity contribution in [3.05, 3.63) is 52.9 Å². The molecule has 0 unspecified atom stereocenters. The van der Waals surface area contributed by atoms with Crippen molar-refractivity contribution in [1.29, 1.82) is 0 Å². The fourth-order valence-electron chi connectivity index (χ4n) is 1.59. The second-order valence-corrected chi connectivity index (χ2v) is 4.44. The molecule has 3 nitrogen and oxygen atoms in total. The number of aromatic nitrogens is 2. The molecule has 1 aromatic heterocycles. The van der Waals surface area contributed by atoms with Crippen LogP contribution in [0.5, 0.6) is 0 Å². The molecule has 0 spiro atoms. The van der Waals surface area contributed by atoms with E-state index in [-0.39, 0.29) is 0 Å². The van der Waals surface area contributed by atoms with Gasteiger partial charge in [0.15, 0.2) is 0 Å². The van der Waals surface area contributed by atoms with Gasteiger partial charge in [0.1, 0.15) is 12.1 Å². The molecule has 0 amide bonds. The molecule has 2 rings (SSSR count). The molecular weight excluding hydrogens is 234 g/mol. The van der Waals surface area contributed by atoms with Crippen LogP contribution in [-0.2, 0) is 6.54 Å². The van der Waals surface area contributed by atoms with Gasteiger partial charge in [0.25, 0.3) is 0 Å². The van der Waals surface area contributed by atoms with Crippen LogP contribution >= 0.6 is 11.6 Å². The van der Waals surface area contributed by atoms with E-state index in [1.807, 2.05) is 44.3 Å². The molecule has 0 aliphatic rings. The SMILES string of the molecule is Cc1cc(N(C)Cc2ccc(Cl)cc2)ncn1. The van der Waals surface area contributed by atoms with Gasteiger partial charge in [0, 0.05) is 30.4 Å². The molecule has 0 aliphatic carbocycles. The third-order valence-electron chi connectivity index (χ3n) is 2.51. The third-order valence-corrected chi connectivity index (χ3v) is 2.77. The first-order valence-corrected chi connectivity index (χ1v) is 5.77. The van der Waals surface area contributed by atoms with E-state index in [1.165, 1.54) is 5.56 Å². The molecule has 4 heteroatoms. The first kappa shape index (κ1) is 11.9. The molecule has 2 aromatic rings. The lowest BCUT2D eigenvalue weighted by molar-refractivity contribution is 0.886. The summed E-state index contributed by atoms with van der Waals surface area (Å²) in [5, 5.41) is 0.759. The van der Waals surface area contributed by atoms with Gasteiger partial charge >= 0.3 is 0 Å². The van der Waals surface area contributed by atoms with Gasteiger partial charge in [0.05, 0.1) is 0 Å². The van der Waals surface area contributed by atoms with Crippen molar-refractivity contribution in [2.75, 3.05) is 11.9 Å². The first-order chi connectivity index (χ1) is 8.15. The summed E-state index contributed by atoms with van der Waals surface area (Å²) >= 11 is 5.85. The molecule has 0 saturated carbocycles. The summed E-state index contributed by atoms with van der Waals surface area (Å²) in [7, 11) is 2.01. The Morgan fingerprint density at radius 2 is 1.88 bits per heavy atom. The Morgan fingerprint density at radius 3 is 2.53 bits per heavy atom. The lowest BCUT2D eigenvalue weighted by Gasteiger charge is -2.18. The Bertz CT molecular complexity index is 496. The van der Waals surface area contributed by atoms with Gasteiger partial charge in [-0.2, -0.15) is 0 Å². The van der Waals surface area contributed by atoms with Gasteiger partial charge in [-0.3, -0.25) is 0 Å². The number of hydrogen-bond acceptors (Lipinski definition) is 3. The van der Waals surface area contributed by atoms with Gasteiger partial charge in [-0.1, -0.05) is 23.7 Å². The summed E-state index contributed by atoms with van der Waals surface area (Å²) in [5.74, 6) is 0.924. The van der Waals surface area contributed by atoms with Crippen molar-refractivity contribution in [2.24, 2.45) is 0 Å². The molecule has 1 aromatic carbocycles. The highest BCUT2D eigenvalue weighted by Gasteiger charge is 2.03. The Labute approximate surface area is 106 Å². The number of halogens is 1. The zero-order chi connectivity index (χ0) is 12.3. The van der Waals surface area contributed by atoms with Crippen molar-refractivity contribution < 1.29 is 0 Å². The average molecular weight is 248 g/mol. The smallest absolute Gasteiger partial charge is 0.132 e. The van der Waals surface area contributed by atoms with Gasteiger partial charge in [-0.25, -0.2) is 9.97 Å². The van der Waals surface area contributed by atoms with Crippen molar-refractivity contribution in [3.8, 4) is 0 Å². The summed E-state index contributed by atoms with van der Waals surface area (Å²) < 4.78 is 0. The number of hydrogen-bond donors (Lipinski definition) is 0. The van der Waals surface area contributed by atoms with Crippen LogP contribution in [0.3, 0.4) is 0 Å². The summed E-state index contributed by atoms with van der Waals surface area (Å²) in [4.78, 5) is 10.4. The van der Waals surface area contributed by atoms with Crippen LogP contribution in [-0.4, -0.2) is 17.0 Å². The molecule has 88 valence electrons. The van der Waals surface area contributed by atoms with E-state index in [9.17, 15) is 0 Å². The monoisotopic (exact) mass is 247 g/mol. The molecule has 0 fully saturated rings. The molecular formula is C13H14ClN3. The van der Waals surface area contributed by atoms with Crippen LogP contribution in [0, 0.1) is 6.92 Å². The highest BCUT2D eigenvalue weighted by Crippen LogP contribution is 2.14. The predicted octanol–water partition coefficient (Wildman–Crippen LogP) is 3.07. The van der Waals surface area contributed by atoms with Gasteiger partial charge in [0.2, 0.25) is 0 Å². The average Bonchev–Trinajstić information content (AvgIpc) is 2.32. The van der Waals surface area contributed by atoms with Crippen LogP contribution in [0.15, 0.2) is 36.7 Å². The lowest BCUT2D eigenvalue weighted by Crippen LogP contribution is -2.17. The van der Waals surface area contributed by atoms with E-state index in [0.717, 1.165) is 23.1 Å². The van der Waals surface area contributed by atoms with Crippen LogP contribution in [0.4, 0.5) is 5.82 Å². The molecule has 0 aliphatic heterocycles. The minimum atomic E-state index is 0.759. The van der Waals surface area contributed by atoms with E-state index in [0.29, 0.717) is 0 Å². The topological polar surface area (TPSA) is 29.0 Å². The van der Waals surface area contributed by atoms with Gasteiger partial charge < -0.3 is 4.90 Å². The zero-order valence-electron chi connectivity index (χ0n) is 9.89. The van der Waals surface area contributed by atoms with E-state index in [2.05, 4.69) is 14.9 Å². The Hall–Kier alpha value is -1.61. The van der Waals surface area contributed by atoms with Crippen LogP contribution in [0.25, 0.3) is 0 Å².